The lowest BCUT2D eigenvalue weighted by Crippen LogP contribution is -2.54. The van der Waals surface area contributed by atoms with E-state index in [1.807, 2.05) is 17.0 Å². The number of nitrogens with one attached hydrogen (secondary N) is 1. The number of likely N-dealkylation sites (tertiary alicyclic amines) is 1. The van der Waals surface area contributed by atoms with E-state index in [1.54, 1.807) is 19.2 Å². The summed E-state index contributed by atoms with van der Waals surface area (Å²) in [6.45, 7) is 3.30. The fraction of sp³-hybridized carbons (Fsp3) is 0.611. The molecule has 0 spiro atoms. The molecule has 2 aliphatic heterocycles. The molecule has 1 aromatic carbocycles. The Morgan fingerprint density at radius 3 is 2.70 bits per heavy atom. The van der Waals surface area contributed by atoms with Crippen molar-refractivity contribution in [2.45, 2.75) is 31.3 Å². The van der Waals surface area contributed by atoms with E-state index in [2.05, 4.69) is 5.32 Å². The van der Waals surface area contributed by atoms with Gasteiger partial charge in [-0.05, 0) is 62.4 Å². The van der Waals surface area contributed by atoms with Crippen molar-refractivity contribution in [3.8, 4) is 5.75 Å². The van der Waals surface area contributed by atoms with Gasteiger partial charge in [-0.25, -0.2) is 0 Å². The average Bonchev–Trinajstić information content (AvgIpc) is 3.05. The number of aromatic hydroxyl groups is 1. The molecule has 3 rings (SSSR count). The minimum Gasteiger partial charge on any atom is -0.508 e. The van der Waals surface area contributed by atoms with E-state index in [9.17, 15) is 9.90 Å². The summed E-state index contributed by atoms with van der Waals surface area (Å²) in [4.78, 5) is 14.9. The molecule has 2 heterocycles. The van der Waals surface area contributed by atoms with Crippen LogP contribution in [0.3, 0.4) is 0 Å². The number of ether oxygens (including phenoxy) is 1. The van der Waals surface area contributed by atoms with Crippen molar-refractivity contribution in [2.75, 3.05) is 33.3 Å². The molecular formula is C18H26N2O3. The van der Waals surface area contributed by atoms with E-state index in [0.717, 1.165) is 51.9 Å². The van der Waals surface area contributed by atoms with Crippen LogP contribution >= 0.6 is 0 Å². The van der Waals surface area contributed by atoms with Gasteiger partial charge in [-0.2, -0.15) is 0 Å². The zero-order chi connectivity index (χ0) is 16.3. The van der Waals surface area contributed by atoms with E-state index in [4.69, 9.17) is 4.74 Å². The molecule has 1 atom stereocenters. The predicted octanol–water partition coefficient (Wildman–Crippen LogP) is 1.55. The number of amides is 1. The number of phenolic OH excluding ortho intramolecular Hbond substituents is 1. The highest BCUT2D eigenvalue weighted by Crippen LogP contribution is 2.29. The first-order valence-corrected chi connectivity index (χ1v) is 8.46. The lowest BCUT2D eigenvalue weighted by molar-refractivity contribution is -0.157. The summed E-state index contributed by atoms with van der Waals surface area (Å²) < 4.78 is 5.66. The van der Waals surface area contributed by atoms with Crippen LogP contribution in [-0.4, -0.2) is 54.8 Å². The van der Waals surface area contributed by atoms with Crippen molar-refractivity contribution in [1.29, 1.82) is 0 Å². The zero-order valence-electron chi connectivity index (χ0n) is 13.8. The second-order valence-corrected chi connectivity index (χ2v) is 6.72. The van der Waals surface area contributed by atoms with Gasteiger partial charge in [0.15, 0.2) is 0 Å². The van der Waals surface area contributed by atoms with Gasteiger partial charge < -0.3 is 20.1 Å². The number of hydrogen-bond donors (Lipinski definition) is 2. The Labute approximate surface area is 137 Å². The van der Waals surface area contributed by atoms with Crippen LogP contribution in [0.5, 0.6) is 5.75 Å². The number of carbonyl (C=O) groups is 1. The normalized spacial score (nSPS) is 23.9. The molecule has 2 fully saturated rings. The zero-order valence-corrected chi connectivity index (χ0v) is 13.8. The van der Waals surface area contributed by atoms with Crippen LogP contribution in [0, 0.1) is 5.92 Å². The maximum absolute atomic E-state index is 12.9. The van der Waals surface area contributed by atoms with Crippen LogP contribution in [0.2, 0.25) is 0 Å². The molecule has 23 heavy (non-hydrogen) atoms. The number of benzene rings is 1. The second-order valence-electron chi connectivity index (χ2n) is 6.72. The molecule has 0 aromatic heterocycles. The molecule has 1 unspecified atom stereocenters. The molecule has 2 aliphatic rings. The summed E-state index contributed by atoms with van der Waals surface area (Å²) >= 11 is 0. The van der Waals surface area contributed by atoms with Crippen LogP contribution in [0.25, 0.3) is 0 Å². The molecule has 0 radical (unpaired) electrons. The Hall–Kier alpha value is -1.59. The number of methoxy groups -OCH3 is 1. The summed E-state index contributed by atoms with van der Waals surface area (Å²) in [7, 11) is 1.66. The van der Waals surface area contributed by atoms with Crippen LogP contribution in [0.1, 0.15) is 24.8 Å². The van der Waals surface area contributed by atoms with Crippen molar-refractivity contribution >= 4 is 5.91 Å². The number of hydrogen-bond acceptors (Lipinski definition) is 4. The molecule has 1 aromatic rings. The van der Waals surface area contributed by atoms with Crippen molar-refractivity contribution < 1.29 is 14.6 Å². The lowest BCUT2D eigenvalue weighted by atomic mass is 9.90. The molecule has 5 heteroatoms. The molecule has 2 saturated heterocycles. The number of phenols is 1. The second kappa shape index (κ2) is 6.89. The van der Waals surface area contributed by atoms with Gasteiger partial charge in [-0.1, -0.05) is 12.1 Å². The van der Waals surface area contributed by atoms with Gasteiger partial charge in [0.25, 0.3) is 5.91 Å². The van der Waals surface area contributed by atoms with Crippen molar-refractivity contribution in [3.63, 3.8) is 0 Å². The Balaban J connectivity index is 1.60. The van der Waals surface area contributed by atoms with Gasteiger partial charge in [0.2, 0.25) is 0 Å². The smallest absolute Gasteiger partial charge is 0.254 e. The van der Waals surface area contributed by atoms with Gasteiger partial charge in [0.05, 0.1) is 0 Å². The van der Waals surface area contributed by atoms with Gasteiger partial charge in [0, 0.05) is 20.2 Å². The molecule has 1 amide bonds. The van der Waals surface area contributed by atoms with E-state index in [0.29, 0.717) is 11.7 Å². The summed E-state index contributed by atoms with van der Waals surface area (Å²) in [5.74, 6) is 0.943. The van der Waals surface area contributed by atoms with Crippen LogP contribution in [0.15, 0.2) is 24.3 Å². The number of carbonyl (C=O) groups excluding carboxylic acids is 1. The average molecular weight is 318 g/mol. The summed E-state index contributed by atoms with van der Waals surface area (Å²) in [5, 5.41) is 12.7. The molecule has 0 aliphatic carbocycles. The minimum absolute atomic E-state index is 0.162. The summed E-state index contributed by atoms with van der Waals surface area (Å²) in [6.07, 6.45) is 3.49. The van der Waals surface area contributed by atoms with Crippen LogP contribution < -0.4 is 5.32 Å². The highest BCUT2D eigenvalue weighted by molar-refractivity contribution is 5.85. The van der Waals surface area contributed by atoms with Crippen molar-refractivity contribution in [2.24, 2.45) is 5.92 Å². The molecule has 0 saturated carbocycles. The van der Waals surface area contributed by atoms with Crippen molar-refractivity contribution in [3.05, 3.63) is 29.8 Å². The highest BCUT2D eigenvalue weighted by atomic mass is 16.5. The fourth-order valence-electron chi connectivity index (χ4n) is 3.77. The van der Waals surface area contributed by atoms with E-state index < -0.39 is 5.60 Å². The summed E-state index contributed by atoms with van der Waals surface area (Å²) in [5.41, 5.74) is 0.587. The first-order valence-electron chi connectivity index (χ1n) is 8.46. The standard InChI is InChI=1S/C18H26N2O3/c1-23-18(7-9-19-10-8-18)17(22)20-11-6-15(13-20)12-14-2-4-16(21)5-3-14/h2-5,15,19,21H,6-13H2,1H3. The lowest BCUT2D eigenvalue weighted by Gasteiger charge is -2.37. The van der Waals surface area contributed by atoms with E-state index >= 15 is 0 Å². The quantitative estimate of drug-likeness (QED) is 0.884. The summed E-state index contributed by atoms with van der Waals surface area (Å²) in [6, 6.07) is 7.37. The van der Waals surface area contributed by atoms with E-state index in [1.165, 1.54) is 5.56 Å². The third-order valence-corrected chi connectivity index (χ3v) is 5.23. The molecular weight excluding hydrogens is 292 g/mol. The molecule has 126 valence electrons. The number of nitrogens with zero attached hydrogens (tertiary/aromatic N) is 1. The van der Waals surface area contributed by atoms with Gasteiger partial charge in [0.1, 0.15) is 11.4 Å². The fourth-order valence-corrected chi connectivity index (χ4v) is 3.77. The Bertz CT molecular complexity index is 538. The number of rotatable bonds is 4. The van der Waals surface area contributed by atoms with Gasteiger partial charge >= 0.3 is 0 Å². The largest absolute Gasteiger partial charge is 0.508 e. The van der Waals surface area contributed by atoms with Gasteiger partial charge in [-0.15, -0.1) is 0 Å². The monoisotopic (exact) mass is 318 g/mol. The Kier molecular flexibility index (Phi) is 4.87. The predicted molar refractivity (Wildman–Crippen MR) is 88.3 cm³/mol. The number of piperidine rings is 1. The molecule has 0 bridgehead atoms. The third-order valence-electron chi connectivity index (χ3n) is 5.23. The van der Waals surface area contributed by atoms with Crippen LogP contribution in [-0.2, 0) is 16.0 Å². The van der Waals surface area contributed by atoms with E-state index in [-0.39, 0.29) is 5.91 Å². The van der Waals surface area contributed by atoms with Gasteiger partial charge in [-0.3, -0.25) is 4.79 Å². The molecule has 5 nitrogen and oxygen atoms in total. The molecule has 2 N–H and O–H groups in total. The van der Waals surface area contributed by atoms with Crippen LogP contribution in [0.4, 0.5) is 0 Å². The maximum atomic E-state index is 12.9. The van der Waals surface area contributed by atoms with Crippen molar-refractivity contribution in [1.82, 2.24) is 10.2 Å². The minimum atomic E-state index is -0.626. The maximum Gasteiger partial charge on any atom is 0.254 e. The topological polar surface area (TPSA) is 61.8 Å². The first-order chi connectivity index (χ1) is 11.1. The highest BCUT2D eigenvalue weighted by Gasteiger charge is 2.43. The third kappa shape index (κ3) is 3.51. The first kappa shape index (κ1) is 16.3. The Morgan fingerprint density at radius 1 is 1.35 bits per heavy atom. The SMILES string of the molecule is COC1(C(=O)N2CCC(Cc3ccc(O)cc3)C2)CCNCC1. The Morgan fingerprint density at radius 2 is 2.04 bits per heavy atom.